The first-order valence-electron chi connectivity index (χ1n) is 6.25. The lowest BCUT2D eigenvalue weighted by Gasteiger charge is -2.23. The Labute approximate surface area is 108 Å². The number of rotatable bonds is 5. The zero-order valence-corrected chi connectivity index (χ0v) is 11.2. The van der Waals surface area contributed by atoms with Crippen LogP contribution < -0.4 is 0 Å². The molecule has 3 nitrogen and oxygen atoms in total. The van der Waals surface area contributed by atoms with Gasteiger partial charge in [-0.25, -0.2) is 4.79 Å². The van der Waals surface area contributed by atoms with Crippen molar-refractivity contribution in [3.63, 3.8) is 0 Å². The predicted molar refractivity (Wildman–Crippen MR) is 70.3 cm³/mol. The van der Waals surface area contributed by atoms with E-state index in [4.69, 9.17) is 4.74 Å². The zero-order chi connectivity index (χ0) is 13.2. The minimum atomic E-state index is -0.267. The van der Waals surface area contributed by atoms with Gasteiger partial charge in [-0.3, -0.25) is 0 Å². The Kier molecular flexibility index (Phi) is 3.38. The van der Waals surface area contributed by atoms with Gasteiger partial charge in [-0.2, -0.15) is 4.99 Å². The molecule has 0 aromatic heterocycles. The minimum absolute atomic E-state index is 0.153. The summed E-state index contributed by atoms with van der Waals surface area (Å²) in [6.45, 7) is 4.14. The van der Waals surface area contributed by atoms with Crippen molar-refractivity contribution in [1.29, 1.82) is 0 Å². The number of carbonyl (C=O) groups excluding carboxylic acids is 1. The molecule has 3 heteroatoms. The van der Waals surface area contributed by atoms with Crippen LogP contribution in [0.4, 0.5) is 0 Å². The third-order valence-electron chi connectivity index (χ3n) is 3.66. The fourth-order valence-electron chi connectivity index (χ4n) is 2.17. The first kappa shape index (κ1) is 13.0. The first-order valence-corrected chi connectivity index (χ1v) is 6.25. The van der Waals surface area contributed by atoms with Gasteiger partial charge >= 0.3 is 0 Å². The van der Waals surface area contributed by atoms with Gasteiger partial charge in [-0.05, 0) is 37.8 Å². The van der Waals surface area contributed by atoms with Crippen molar-refractivity contribution in [3.8, 4) is 0 Å². The van der Waals surface area contributed by atoms with Crippen molar-refractivity contribution in [1.82, 2.24) is 0 Å². The topological polar surface area (TPSA) is 38.7 Å². The Morgan fingerprint density at radius 2 is 1.94 bits per heavy atom. The van der Waals surface area contributed by atoms with Gasteiger partial charge in [0.2, 0.25) is 6.08 Å². The van der Waals surface area contributed by atoms with E-state index in [-0.39, 0.29) is 11.1 Å². The molecule has 0 saturated heterocycles. The summed E-state index contributed by atoms with van der Waals surface area (Å²) < 4.78 is 5.42. The van der Waals surface area contributed by atoms with Crippen molar-refractivity contribution >= 4 is 6.08 Å². The van der Waals surface area contributed by atoms with Gasteiger partial charge in [0.1, 0.15) is 0 Å². The molecule has 0 aliphatic heterocycles. The third-order valence-corrected chi connectivity index (χ3v) is 3.66. The molecule has 18 heavy (non-hydrogen) atoms. The summed E-state index contributed by atoms with van der Waals surface area (Å²) >= 11 is 0. The maximum Gasteiger partial charge on any atom is 0.235 e. The fraction of sp³-hybridized carbons (Fsp3) is 0.533. The van der Waals surface area contributed by atoms with Crippen molar-refractivity contribution < 1.29 is 9.53 Å². The van der Waals surface area contributed by atoms with Crippen LogP contribution in [0.1, 0.15) is 37.8 Å². The highest BCUT2D eigenvalue weighted by molar-refractivity contribution is 5.41. The molecule has 0 radical (unpaired) electrons. The minimum Gasteiger partial charge on any atom is -0.378 e. The maximum atomic E-state index is 10.4. The highest BCUT2D eigenvalue weighted by Crippen LogP contribution is 2.49. The van der Waals surface area contributed by atoms with Crippen molar-refractivity contribution in [2.75, 3.05) is 7.11 Å². The SMILES string of the molecule is COC(C)(C)Cc1ccc(C2(N=C=O)CC2)cc1. The quantitative estimate of drug-likeness (QED) is 0.591. The number of hydrogen-bond acceptors (Lipinski definition) is 3. The second-order valence-electron chi connectivity index (χ2n) is 5.57. The van der Waals surface area contributed by atoms with Crippen LogP contribution in [0.25, 0.3) is 0 Å². The van der Waals surface area contributed by atoms with Crippen molar-refractivity contribution in [2.45, 2.75) is 44.2 Å². The molecular weight excluding hydrogens is 226 g/mol. The highest BCUT2D eigenvalue weighted by atomic mass is 16.5. The fourth-order valence-corrected chi connectivity index (χ4v) is 2.17. The Bertz CT molecular complexity index is 466. The molecule has 1 saturated carbocycles. The first-order chi connectivity index (χ1) is 8.51. The monoisotopic (exact) mass is 245 g/mol. The van der Waals surface area contributed by atoms with Gasteiger partial charge in [-0.1, -0.05) is 24.3 Å². The van der Waals surface area contributed by atoms with Crippen molar-refractivity contribution in [3.05, 3.63) is 35.4 Å². The van der Waals surface area contributed by atoms with E-state index < -0.39 is 0 Å². The second-order valence-corrected chi connectivity index (χ2v) is 5.57. The molecule has 1 fully saturated rings. The Morgan fingerprint density at radius 3 is 2.39 bits per heavy atom. The molecular formula is C15H19NO2. The summed E-state index contributed by atoms with van der Waals surface area (Å²) in [5.41, 5.74) is 1.93. The van der Waals surface area contributed by atoms with E-state index in [1.165, 1.54) is 5.56 Å². The number of nitrogens with zero attached hydrogens (tertiary/aromatic N) is 1. The van der Waals surface area contributed by atoms with Crippen LogP contribution in [-0.4, -0.2) is 18.8 Å². The molecule has 1 aromatic rings. The normalized spacial score (nSPS) is 17.1. The summed E-state index contributed by atoms with van der Waals surface area (Å²) in [6, 6.07) is 8.32. The van der Waals surface area contributed by atoms with E-state index in [1.807, 2.05) is 0 Å². The number of isocyanates is 1. The molecule has 0 heterocycles. The van der Waals surface area contributed by atoms with E-state index in [0.29, 0.717) is 0 Å². The van der Waals surface area contributed by atoms with Gasteiger partial charge in [0.05, 0.1) is 11.1 Å². The van der Waals surface area contributed by atoms with E-state index in [0.717, 1.165) is 24.8 Å². The lowest BCUT2D eigenvalue weighted by molar-refractivity contribution is 0.0232. The molecule has 0 bridgehead atoms. The molecule has 2 rings (SSSR count). The standard InChI is InChI=1S/C15H19NO2/c1-14(2,18-3)10-12-4-6-13(7-5-12)15(8-9-15)16-11-17/h4-7H,8-10H2,1-3H3. The second kappa shape index (κ2) is 4.68. The number of benzene rings is 1. The van der Waals surface area contributed by atoms with Gasteiger partial charge in [-0.15, -0.1) is 0 Å². The van der Waals surface area contributed by atoms with Crippen LogP contribution >= 0.6 is 0 Å². The van der Waals surface area contributed by atoms with Gasteiger partial charge in [0.15, 0.2) is 0 Å². The summed E-state index contributed by atoms with van der Waals surface area (Å²) in [6.07, 6.45) is 4.45. The van der Waals surface area contributed by atoms with E-state index >= 15 is 0 Å². The lowest BCUT2D eigenvalue weighted by atomic mass is 9.96. The smallest absolute Gasteiger partial charge is 0.235 e. The number of hydrogen-bond donors (Lipinski definition) is 0. The molecule has 0 spiro atoms. The third kappa shape index (κ3) is 2.69. The average Bonchev–Trinajstić information content (AvgIpc) is 3.11. The van der Waals surface area contributed by atoms with Crippen LogP contribution in [0.5, 0.6) is 0 Å². The molecule has 1 aliphatic rings. The van der Waals surface area contributed by atoms with Crippen LogP contribution in [0.3, 0.4) is 0 Å². The molecule has 0 unspecified atom stereocenters. The van der Waals surface area contributed by atoms with E-state index in [2.05, 4.69) is 43.1 Å². The predicted octanol–water partition coefficient (Wildman–Crippen LogP) is 2.98. The Morgan fingerprint density at radius 1 is 1.33 bits per heavy atom. The molecule has 0 N–H and O–H groups in total. The molecule has 0 amide bonds. The molecule has 1 aromatic carbocycles. The summed E-state index contributed by atoms with van der Waals surface area (Å²) in [7, 11) is 1.73. The van der Waals surface area contributed by atoms with Gasteiger partial charge in [0, 0.05) is 13.5 Å². The maximum absolute atomic E-state index is 10.4. The Balaban J connectivity index is 2.14. The highest BCUT2D eigenvalue weighted by Gasteiger charge is 2.44. The van der Waals surface area contributed by atoms with E-state index in [9.17, 15) is 4.79 Å². The molecule has 1 aliphatic carbocycles. The van der Waals surface area contributed by atoms with Crippen LogP contribution in [0.15, 0.2) is 29.3 Å². The number of methoxy groups -OCH3 is 1. The van der Waals surface area contributed by atoms with Crippen molar-refractivity contribution in [2.24, 2.45) is 4.99 Å². The van der Waals surface area contributed by atoms with Crippen LogP contribution in [0.2, 0.25) is 0 Å². The molecule has 0 atom stereocenters. The van der Waals surface area contributed by atoms with Gasteiger partial charge < -0.3 is 4.74 Å². The lowest BCUT2D eigenvalue weighted by Crippen LogP contribution is -2.25. The van der Waals surface area contributed by atoms with Crippen LogP contribution in [-0.2, 0) is 21.5 Å². The van der Waals surface area contributed by atoms with Crippen LogP contribution in [0, 0.1) is 0 Å². The van der Waals surface area contributed by atoms with E-state index in [1.54, 1.807) is 13.2 Å². The summed E-state index contributed by atoms with van der Waals surface area (Å²) in [4.78, 5) is 14.3. The largest absolute Gasteiger partial charge is 0.378 e. The molecule has 96 valence electrons. The number of aliphatic imine (C=N–C) groups is 1. The summed E-state index contributed by atoms with van der Waals surface area (Å²) in [5.74, 6) is 0. The average molecular weight is 245 g/mol. The number of ether oxygens (including phenoxy) is 1. The Hall–Kier alpha value is -1.44. The summed E-state index contributed by atoms with van der Waals surface area (Å²) in [5, 5.41) is 0. The zero-order valence-electron chi connectivity index (χ0n) is 11.2. The van der Waals surface area contributed by atoms with Gasteiger partial charge in [0.25, 0.3) is 0 Å².